The third-order valence-corrected chi connectivity index (χ3v) is 3.61. The first-order valence-electron chi connectivity index (χ1n) is 6.88. The third-order valence-electron chi connectivity index (χ3n) is 3.61. The van der Waals surface area contributed by atoms with E-state index in [4.69, 9.17) is 5.84 Å². The molecule has 9 nitrogen and oxygen atoms in total. The summed E-state index contributed by atoms with van der Waals surface area (Å²) in [5.41, 5.74) is 2.46. The number of hydrazine groups is 1. The Balaban J connectivity index is 1.86. The maximum Gasteiger partial charge on any atom is 0.257 e. The van der Waals surface area contributed by atoms with Gasteiger partial charge in [-0.25, -0.2) is 10.5 Å². The van der Waals surface area contributed by atoms with Crippen molar-refractivity contribution in [2.45, 2.75) is 12.8 Å². The first-order chi connectivity index (χ1) is 10.3. The maximum atomic E-state index is 9.20. The van der Waals surface area contributed by atoms with Crippen LogP contribution < -0.4 is 16.2 Å². The molecule has 0 aromatic carbocycles. The standard InChI is InChI=1S/C12H18N8O/c13-18-10-15-11(19-6-2-9(8-21)3-7-19)17-12(16-10)20-5-1-4-14-20/h1,4-5,9,21H,2-3,6-8,13H2,(H,15,16,17,18). The summed E-state index contributed by atoms with van der Waals surface area (Å²) in [6.45, 7) is 1.84. The number of nitrogens with two attached hydrogens (primary N) is 1. The summed E-state index contributed by atoms with van der Waals surface area (Å²) in [6, 6.07) is 1.80. The summed E-state index contributed by atoms with van der Waals surface area (Å²) in [5, 5.41) is 13.3. The second-order valence-corrected chi connectivity index (χ2v) is 4.97. The first-order valence-corrected chi connectivity index (χ1v) is 6.88. The Hall–Kier alpha value is -2.26. The SMILES string of the molecule is NNc1nc(N2CCC(CO)CC2)nc(-n2cccn2)n1. The van der Waals surface area contributed by atoms with Gasteiger partial charge in [0.1, 0.15) is 0 Å². The van der Waals surface area contributed by atoms with Crippen LogP contribution in [0, 0.1) is 5.92 Å². The van der Waals surface area contributed by atoms with E-state index in [1.54, 1.807) is 23.1 Å². The van der Waals surface area contributed by atoms with Gasteiger partial charge in [0.2, 0.25) is 11.9 Å². The molecule has 0 radical (unpaired) electrons. The van der Waals surface area contributed by atoms with Crippen LogP contribution in [0.25, 0.3) is 5.95 Å². The molecule has 1 aliphatic rings. The molecule has 0 atom stereocenters. The lowest BCUT2D eigenvalue weighted by molar-refractivity contribution is 0.202. The van der Waals surface area contributed by atoms with Gasteiger partial charge in [0, 0.05) is 32.1 Å². The van der Waals surface area contributed by atoms with Gasteiger partial charge in [0.05, 0.1) is 0 Å². The van der Waals surface area contributed by atoms with Crippen LogP contribution >= 0.6 is 0 Å². The van der Waals surface area contributed by atoms with Crippen molar-refractivity contribution < 1.29 is 5.11 Å². The zero-order valence-electron chi connectivity index (χ0n) is 11.6. The van der Waals surface area contributed by atoms with Crippen molar-refractivity contribution in [2.24, 2.45) is 11.8 Å². The van der Waals surface area contributed by atoms with Crippen molar-refractivity contribution in [3.63, 3.8) is 0 Å². The van der Waals surface area contributed by atoms with E-state index in [1.807, 2.05) is 0 Å². The molecular weight excluding hydrogens is 272 g/mol. The molecule has 1 fully saturated rings. The summed E-state index contributed by atoms with van der Waals surface area (Å²) < 4.78 is 1.56. The minimum absolute atomic E-state index is 0.235. The number of aromatic nitrogens is 5. The Kier molecular flexibility index (Phi) is 3.93. The topological polar surface area (TPSA) is 118 Å². The molecule has 3 rings (SSSR count). The molecule has 4 N–H and O–H groups in total. The number of anilines is 2. The van der Waals surface area contributed by atoms with Gasteiger partial charge in [0.15, 0.2) is 0 Å². The number of nitrogen functional groups attached to an aromatic ring is 1. The molecule has 0 spiro atoms. The first kappa shape index (κ1) is 13.7. The average molecular weight is 290 g/mol. The number of nitrogens with zero attached hydrogens (tertiary/aromatic N) is 6. The number of aliphatic hydroxyl groups excluding tert-OH is 1. The van der Waals surface area contributed by atoms with Gasteiger partial charge in [-0.2, -0.15) is 20.1 Å². The molecule has 2 aromatic rings. The van der Waals surface area contributed by atoms with Crippen LogP contribution in [0.2, 0.25) is 0 Å². The van der Waals surface area contributed by atoms with Gasteiger partial charge < -0.3 is 10.0 Å². The molecule has 21 heavy (non-hydrogen) atoms. The lowest BCUT2D eigenvalue weighted by Crippen LogP contribution is -2.36. The zero-order valence-corrected chi connectivity index (χ0v) is 11.6. The Labute approximate surface area is 121 Å². The summed E-state index contributed by atoms with van der Waals surface area (Å²) in [5.74, 6) is 7.08. The van der Waals surface area contributed by atoms with E-state index in [-0.39, 0.29) is 6.61 Å². The molecule has 2 aromatic heterocycles. The molecule has 0 aliphatic carbocycles. The van der Waals surface area contributed by atoms with E-state index in [0.717, 1.165) is 25.9 Å². The highest BCUT2D eigenvalue weighted by molar-refractivity contribution is 5.39. The van der Waals surface area contributed by atoms with Crippen molar-refractivity contribution in [3.05, 3.63) is 18.5 Å². The fourth-order valence-electron chi connectivity index (χ4n) is 2.36. The third kappa shape index (κ3) is 2.93. The van der Waals surface area contributed by atoms with Gasteiger partial charge in [-0.05, 0) is 24.8 Å². The Morgan fingerprint density at radius 2 is 2.00 bits per heavy atom. The number of aliphatic hydroxyl groups is 1. The number of piperidine rings is 1. The smallest absolute Gasteiger partial charge is 0.257 e. The number of rotatable bonds is 4. The molecule has 0 bridgehead atoms. The minimum Gasteiger partial charge on any atom is -0.396 e. The monoisotopic (exact) mass is 290 g/mol. The molecule has 1 aliphatic heterocycles. The van der Waals surface area contributed by atoms with Gasteiger partial charge in [-0.15, -0.1) is 0 Å². The van der Waals surface area contributed by atoms with Gasteiger partial charge in [-0.1, -0.05) is 0 Å². The highest BCUT2D eigenvalue weighted by Gasteiger charge is 2.21. The second kappa shape index (κ2) is 6.02. The van der Waals surface area contributed by atoms with Crippen molar-refractivity contribution in [2.75, 3.05) is 30.0 Å². The van der Waals surface area contributed by atoms with E-state index >= 15 is 0 Å². The predicted molar refractivity (Wildman–Crippen MR) is 76.8 cm³/mol. The fourth-order valence-corrected chi connectivity index (χ4v) is 2.36. The quantitative estimate of drug-likeness (QED) is 0.512. The van der Waals surface area contributed by atoms with Crippen LogP contribution in [0.4, 0.5) is 11.9 Å². The highest BCUT2D eigenvalue weighted by atomic mass is 16.3. The molecule has 0 amide bonds. The number of hydrogen-bond donors (Lipinski definition) is 3. The van der Waals surface area contributed by atoms with E-state index in [9.17, 15) is 5.11 Å². The van der Waals surface area contributed by atoms with E-state index in [0.29, 0.717) is 23.8 Å². The van der Waals surface area contributed by atoms with Crippen LogP contribution in [0.1, 0.15) is 12.8 Å². The maximum absolute atomic E-state index is 9.20. The predicted octanol–water partition coefficient (Wildman–Crippen LogP) is -0.448. The van der Waals surface area contributed by atoms with Crippen LogP contribution in [-0.2, 0) is 0 Å². The minimum atomic E-state index is 0.235. The number of hydrogen-bond acceptors (Lipinski definition) is 8. The normalized spacial score (nSPS) is 16.2. The van der Waals surface area contributed by atoms with E-state index in [2.05, 4.69) is 30.4 Å². The van der Waals surface area contributed by atoms with Crippen molar-refractivity contribution in [1.29, 1.82) is 0 Å². The lowest BCUT2D eigenvalue weighted by atomic mass is 9.98. The second-order valence-electron chi connectivity index (χ2n) is 4.97. The van der Waals surface area contributed by atoms with Crippen molar-refractivity contribution in [1.82, 2.24) is 24.7 Å². The molecule has 0 saturated carbocycles. The fraction of sp³-hybridized carbons (Fsp3) is 0.500. The largest absolute Gasteiger partial charge is 0.396 e. The van der Waals surface area contributed by atoms with E-state index < -0.39 is 0 Å². The summed E-state index contributed by atoms with van der Waals surface area (Å²) in [6.07, 6.45) is 5.26. The Bertz CT molecular complexity index is 579. The van der Waals surface area contributed by atoms with Gasteiger partial charge in [0.25, 0.3) is 5.95 Å². The van der Waals surface area contributed by atoms with Gasteiger partial charge >= 0.3 is 0 Å². The number of nitrogens with one attached hydrogen (secondary N) is 1. The summed E-state index contributed by atoms with van der Waals surface area (Å²) >= 11 is 0. The molecule has 3 heterocycles. The van der Waals surface area contributed by atoms with Gasteiger partial charge in [-0.3, -0.25) is 5.43 Å². The molecular formula is C12H18N8O. The Morgan fingerprint density at radius 3 is 2.62 bits per heavy atom. The Morgan fingerprint density at radius 1 is 1.24 bits per heavy atom. The molecule has 112 valence electrons. The summed E-state index contributed by atoms with van der Waals surface area (Å²) in [4.78, 5) is 15.0. The van der Waals surface area contributed by atoms with Crippen molar-refractivity contribution >= 4 is 11.9 Å². The van der Waals surface area contributed by atoms with Crippen LogP contribution in [0.3, 0.4) is 0 Å². The molecule has 0 unspecified atom stereocenters. The average Bonchev–Trinajstić information content (AvgIpc) is 3.09. The molecule has 9 heteroatoms. The van der Waals surface area contributed by atoms with E-state index in [1.165, 1.54) is 0 Å². The lowest BCUT2D eigenvalue weighted by Gasteiger charge is -2.31. The molecule has 1 saturated heterocycles. The zero-order chi connectivity index (χ0) is 14.7. The van der Waals surface area contributed by atoms with Crippen LogP contribution in [0.15, 0.2) is 18.5 Å². The van der Waals surface area contributed by atoms with Crippen LogP contribution in [-0.4, -0.2) is 49.5 Å². The van der Waals surface area contributed by atoms with Crippen LogP contribution in [0.5, 0.6) is 0 Å². The highest BCUT2D eigenvalue weighted by Crippen LogP contribution is 2.21. The van der Waals surface area contributed by atoms with Crippen molar-refractivity contribution in [3.8, 4) is 5.95 Å². The summed E-state index contributed by atoms with van der Waals surface area (Å²) in [7, 11) is 0.